The van der Waals surface area contributed by atoms with Crippen LogP contribution in [-0.4, -0.2) is 13.4 Å². The van der Waals surface area contributed by atoms with Gasteiger partial charge in [0.05, 0.1) is 5.69 Å². The summed E-state index contributed by atoms with van der Waals surface area (Å²) in [7, 11) is -3.68. The van der Waals surface area contributed by atoms with Crippen LogP contribution in [0.2, 0.25) is 0 Å². The molecule has 4 nitrogen and oxygen atoms in total. The lowest BCUT2D eigenvalue weighted by Gasteiger charge is -2.11. The van der Waals surface area contributed by atoms with E-state index in [9.17, 15) is 8.42 Å². The first-order valence-electron chi connectivity index (χ1n) is 6.01. The molecule has 3 rings (SSSR count). The van der Waals surface area contributed by atoms with E-state index >= 15 is 0 Å². The number of H-pyrrole nitrogens is 1. The lowest BCUT2D eigenvalue weighted by Crippen LogP contribution is -2.13. The highest BCUT2D eigenvalue weighted by Crippen LogP contribution is 2.29. The summed E-state index contributed by atoms with van der Waals surface area (Å²) in [5, 5.41) is 0.826. The monoisotopic (exact) mass is 428 g/mol. The van der Waals surface area contributed by atoms with E-state index in [-0.39, 0.29) is 4.90 Å². The second-order valence-corrected chi connectivity index (χ2v) is 7.85. The molecule has 108 valence electrons. The zero-order chi connectivity index (χ0) is 15.0. The first-order valence-corrected chi connectivity index (χ1v) is 9.08. The molecule has 0 saturated carbocycles. The van der Waals surface area contributed by atoms with Gasteiger partial charge in [-0.2, -0.15) is 0 Å². The summed E-state index contributed by atoms with van der Waals surface area (Å²) in [4.78, 5) is 3.24. The Kier molecular flexibility index (Phi) is 3.81. The average molecular weight is 430 g/mol. The van der Waals surface area contributed by atoms with Crippen LogP contribution >= 0.6 is 31.9 Å². The molecule has 0 amide bonds. The predicted octanol–water partition coefficient (Wildman–Crippen LogP) is 4.49. The number of benzene rings is 2. The molecule has 0 bridgehead atoms. The summed E-state index contributed by atoms with van der Waals surface area (Å²) in [6, 6.07) is 12.3. The molecular weight excluding hydrogens is 420 g/mol. The second kappa shape index (κ2) is 5.47. The Labute approximate surface area is 138 Å². The molecule has 3 aromatic rings. The van der Waals surface area contributed by atoms with Crippen LogP contribution in [0.3, 0.4) is 0 Å². The quantitative estimate of drug-likeness (QED) is 0.644. The minimum absolute atomic E-state index is 0.185. The summed E-state index contributed by atoms with van der Waals surface area (Å²) in [6.45, 7) is 0. The molecule has 1 aromatic heterocycles. The molecule has 7 heteroatoms. The molecule has 0 radical (unpaired) electrons. The molecule has 0 aliphatic rings. The Morgan fingerprint density at radius 1 is 1.05 bits per heavy atom. The van der Waals surface area contributed by atoms with E-state index in [4.69, 9.17) is 0 Å². The molecule has 0 aliphatic carbocycles. The molecular formula is C14H10Br2N2O2S. The first kappa shape index (κ1) is 14.6. The maximum Gasteiger partial charge on any atom is 0.263 e. The summed E-state index contributed by atoms with van der Waals surface area (Å²) in [5.41, 5.74) is 1.42. The van der Waals surface area contributed by atoms with Crippen LogP contribution in [-0.2, 0) is 10.0 Å². The van der Waals surface area contributed by atoms with Crippen molar-refractivity contribution in [1.29, 1.82) is 0 Å². The highest BCUT2D eigenvalue weighted by molar-refractivity contribution is 9.11. The Morgan fingerprint density at radius 3 is 2.67 bits per heavy atom. The van der Waals surface area contributed by atoms with Crippen molar-refractivity contribution < 1.29 is 8.42 Å². The maximum absolute atomic E-state index is 12.6. The number of anilines is 1. The van der Waals surface area contributed by atoms with Crippen molar-refractivity contribution in [1.82, 2.24) is 4.98 Å². The normalized spacial score (nSPS) is 11.7. The minimum atomic E-state index is -3.68. The van der Waals surface area contributed by atoms with Gasteiger partial charge in [-0.3, -0.25) is 4.72 Å². The smallest absolute Gasteiger partial charge is 0.263 e. The van der Waals surface area contributed by atoms with Gasteiger partial charge in [0, 0.05) is 26.0 Å². The molecule has 21 heavy (non-hydrogen) atoms. The summed E-state index contributed by atoms with van der Waals surface area (Å²) < 4.78 is 29.0. The van der Waals surface area contributed by atoms with Crippen molar-refractivity contribution in [2.75, 3.05) is 4.72 Å². The average Bonchev–Trinajstić information content (AvgIpc) is 2.90. The topological polar surface area (TPSA) is 62.0 Å². The van der Waals surface area contributed by atoms with E-state index in [1.165, 1.54) is 0 Å². The molecule has 0 unspecified atom stereocenters. The second-order valence-electron chi connectivity index (χ2n) is 4.42. The zero-order valence-corrected chi connectivity index (χ0v) is 14.6. The van der Waals surface area contributed by atoms with Gasteiger partial charge in [0.1, 0.15) is 4.90 Å². The van der Waals surface area contributed by atoms with Crippen molar-refractivity contribution in [3.8, 4) is 0 Å². The van der Waals surface area contributed by atoms with Crippen LogP contribution in [0, 0.1) is 0 Å². The number of nitrogens with one attached hydrogen (secondary N) is 2. The Bertz CT molecular complexity index is 920. The third-order valence-electron chi connectivity index (χ3n) is 3.02. The van der Waals surface area contributed by atoms with Crippen molar-refractivity contribution >= 4 is 58.5 Å². The number of aromatic amines is 1. The van der Waals surface area contributed by atoms with Gasteiger partial charge in [0.15, 0.2) is 0 Å². The van der Waals surface area contributed by atoms with E-state index in [1.807, 2.05) is 12.1 Å². The molecule has 0 saturated heterocycles. The van der Waals surface area contributed by atoms with Crippen LogP contribution in [0.4, 0.5) is 5.69 Å². The Hall–Kier alpha value is -1.31. The largest absolute Gasteiger partial charge is 0.361 e. The molecule has 1 heterocycles. The van der Waals surface area contributed by atoms with Gasteiger partial charge in [-0.15, -0.1) is 0 Å². The standard InChI is InChI=1S/C14H10Br2N2O2S/c15-9-4-5-11(16)14(8-9)21(19,20)18-13-3-1-2-12-10(13)6-7-17-12/h1-8,17-18H. The van der Waals surface area contributed by atoms with E-state index in [1.54, 1.807) is 36.5 Å². The van der Waals surface area contributed by atoms with E-state index in [2.05, 4.69) is 41.6 Å². The summed E-state index contributed by atoms with van der Waals surface area (Å²) >= 11 is 6.57. The van der Waals surface area contributed by atoms with E-state index in [0.29, 0.717) is 14.6 Å². The van der Waals surface area contributed by atoms with Crippen LogP contribution in [0.5, 0.6) is 0 Å². The highest BCUT2D eigenvalue weighted by Gasteiger charge is 2.19. The highest BCUT2D eigenvalue weighted by atomic mass is 79.9. The zero-order valence-electron chi connectivity index (χ0n) is 10.6. The van der Waals surface area contributed by atoms with Gasteiger partial charge in [-0.1, -0.05) is 22.0 Å². The fourth-order valence-corrected chi connectivity index (χ4v) is 4.64. The molecule has 2 aromatic carbocycles. The minimum Gasteiger partial charge on any atom is -0.361 e. The molecule has 2 N–H and O–H groups in total. The number of sulfonamides is 1. The lowest BCUT2D eigenvalue weighted by molar-refractivity contribution is 0.601. The number of halogens is 2. The number of hydrogen-bond acceptors (Lipinski definition) is 2. The maximum atomic E-state index is 12.6. The number of fused-ring (bicyclic) bond motifs is 1. The number of rotatable bonds is 3. The first-order chi connectivity index (χ1) is 9.97. The lowest BCUT2D eigenvalue weighted by atomic mass is 10.2. The van der Waals surface area contributed by atoms with Crippen molar-refractivity contribution in [3.63, 3.8) is 0 Å². The summed E-state index contributed by atoms with van der Waals surface area (Å²) in [5.74, 6) is 0. The Morgan fingerprint density at radius 2 is 1.86 bits per heavy atom. The van der Waals surface area contributed by atoms with E-state index < -0.39 is 10.0 Å². The molecule has 0 fully saturated rings. The predicted molar refractivity (Wildman–Crippen MR) is 90.9 cm³/mol. The third kappa shape index (κ3) is 2.86. The van der Waals surface area contributed by atoms with Gasteiger partial charge < -0.3 is 4.98 Å². The van der Waals surface area contributed by atoms with E-state index in [0.717, 1.165) is 10.9 Å². The van der Waals surface area contributed by atoms with Crippen LogP contribution in [0.25, 0.3) is 10.9 Å². The fraction of sp³-hybridized carbons (Fsp3) is 0. The van der Waals surface area contributed by atoms with Crippen molar-refractivity contribution in [2.24, 2.45) is 0 Å². The number of aromatic nitrogens is 1. The van der Waals surface area contributed by atoms with Gasteiger partial charge in [0.25, 0.3) is 10.0 Å². The SMILES string of the molecule is O=S(=O)(Nc1cccc2[nH]ccc12)c1cc(Br)ccc1Br. The Balaban J connectivity index is 2.08. The van der Waals surface area contributed by atoms with Gasteiger partial charge >= 0.3 is 0 Å². The van der Waals surface area contributed by atoms with Crippen molar-refractivity contribution in [3.05, 3.63) is 57.6 Å². The van der Waals surface area contributed by atoms with Crippen LogP contribution < -0.4 is 4.72 Å². The molecule has 0 aliphatic heterocycles. The van der Waals surface area contributed by atoms with Gasteiger partial charge in [0.2, 0.25) is 0 Å². The number of hydrogen-bond donors (Lipinski definition) is 2. The van der Waals surface area contributed by atoms with Crippen LogP contribution in [0.1, 0.15) is 0 Å². The van der Waals surface area contributed by atoms with Gasteiger partial charge in [-0.05, 0) is 52.3 Å². The van der Waals surface area contributed by atoms with Crippen LogP contribution in [0.15, 0.2) is 62.5 Å². The molecule has 0 atom stereocenters. The third-order valence-corrected chi connectivity index (χ3v) is 5.87. The molecule has 0 spiro atoms. The fourth-order valence-electron chi connectivity index (χ4n) is 2.06. The van der Waals surface area contributed by atoms with Gasteiger partial charge in [-0.25, -0.2) is 8.42 Å². The summed E-state index contributed by atoms with van der Waals surface area (Å²) in [6.07, 6.45) is 1.78. The van der Waals surface area contributed by atoms with Crippen molar-refractivity contribution in [2.45, 2.75) is 4.90 Å².